The first-order valence-electron chi connectivity index (χ1n) is 4.94. The fourth-order valence-corrected chi connectivity index (χ4v) is 2.12. The summed E-state index contributed by atoms with van der Waals surface area (Å²) in [5.41, 5.74) is 1.96. The summed E-state index contributed by atoms with van der Waals surface area (Å²) in [5.74, 6) is 0.245. The number of fused-ring (bicyclic) bond motifs is 1. The van der Waals surface area contributed by atoms with Crippen LogP contribution < -0.4 is 0 Å². The second kappa shape index (κ2) is 3.79. The van der Waals surface area contributed by atoms with Gasteiger partial charge in [0.2, 0.25) is 0 Å². The fraction of sp³-hybridized carbons (Fsp3) is 0.417. The van der Waals surface area contributed by atoms with E-state index >= 15 is 0 Å². The van der Waals surface area contributed by atoms with Crippen LogP contribution in [-0.2, 0) is 12.8 Å². The van der Waals surface area contributed by atoms with Crippen LogP contribution in [0.4, 0.5) is 4.39 Å². The minimum Gasteiger partial charge on any atom is -0.207 e. The number of aryl methyl sites for hydroxylation is 1. The molecule has 1 unspecified atom stereocenters. The van der Waals surface area contributed by atoms with E-state index in [0.29, 0.717) is 12.3 Å². The summed E-state index contributed by atoms with van der Waals surface area (Å²) >= 11 is 0. The summed E-state index contributed by atoms with van der Waals surface area (Å²) in [4.78, 5) is 0. The first-order chi connectivity index (χ1) is 6.81. The van der Waals surface area contributed by atoms with Crippen LogP contribution in [0.3, 0.4) is 0 Å². The number of benzene rings is 1. The molecule has 1 aromatic carbocycles. The zero-order valence-electron chi connectivity index (χ0n) is 7.96. The summed E-state index contributed by atoms with van der Waals surface area (Å²) in [5, 5.41) is 8.59. The minimum absolute atomic E-state index is 0.106. The number of nitrogens with zero attached hydrogens (tertiary/aromatic N) is 1. The van der Waals surface area contributed by atoms with Gasteiger partial charge in [-0.15, -0.1) is 0 Å². The van der Waals surface area contributed by atoms with Crippen LogP contribution in [0.1, 0.15) is 24.0 Å². The van der Waals surface area contributed by atoms with Crippen molar-refractivity contribution in [3.8, 4) is 6.07 Å². The van der Waals surface area contributed by atoms with Crippen LogP contribution in [0.15, 0.2) is 18.2 Å². The van der Waals surface area contributed by atoms with Gasteiger partial charge >= 0.3 is 0 Å². The Balaban J connectivity index is 2.25. The Morgan fingerprint density at radius 2 is 2.36 bits per heavy atom. The van der Waals surface area contributed by atoms with Crippen LogP contribution in [0.2, 0.25) is 0 Å². The molecule has 14 heavy (non-hydrogen) atoms. The van der Waals surface area contributed by atoms with Crippen LogP contribution >= 0.6 is 0 Å². The van der Waals surface area contributed by atoms with E-state index in [-0.39, 0.29) is 5.82 Å². The van der Waals surface area contributed by atoms with E-state index in [4.69, 9.17) is 5.26 Å². The first-order valence-corrected chi connectivity index (χ1v) is 4.94. The summed E-state index contributed by atoms with van der Waals surface area (Å²) in [7, 11) is 0. The van der Waals surface area contributed by atoms with Crippen molar-refractivity contribution in [2.45, 2.75) is 25.7 Å². The van der Waals surface area contributed by atoms with Crippen LogP contribution in [0, 0.1) is 23.1 Å². The van der Waals surface area contributed by atoms with Gasteiger partial charge in [-0.2, -0.15) is 5.26 Å². The van der Waals surface area contributed by atoms with E-state index in [1.54, 1.807) is 6.07 Å². The van der Waals surface area contributed by atoms with E-state index in [2.05, 4.69) is 6.07 Å². The van der Waals surface area contributed by atoms with Crippen molar-refractivity contribution in [2.75, 3.05) is 0 Å². The van der Waals surface area contributed by atoms with Gasteiger partial charge in [-0.05, 0) is 42.4 Å². The fourth-order valence-electron chi connectivity index (χ4n) is 2.12. The predicted molar refractivity (Wildman–Crippen MR) is 52.1 cm³/mol. The SMILES string of the molecule is N#CCC1CCc2cccc(F)c2C1. The molecule has 0 saturated heterocycles. The smallest absolute Gasteiger partial charge is 0.126 e. The molecule has 0 spiro atoms. The molecule has 0 saturated carbocycles. The lowest BCUT2D eigenvalue weighted by molar-refractivity contribution is 0.450. The lowest BCUT2D eigenvalue weighted by Gasteiger charge is -2.22. The van der Waals surface area contributed by atoms with Gasteiger partial charge in [-0.25, -0.2) is 4.39 Å². The molecule has 0 heterocycles. The molecule has 0 bridgehead atoms. The van der Waals surface area contributed by atoms with E-state index in [1.807, 2.05) is 6.07 Å². The monoisotopic (exact) mass is 189 g/mol. The number of halogens is 1. The molecule has 1 aliphatic carbocycles. The Bertz CT molecular complexity index is 378. The minimum atomic E-state index is -0.106. The molecule has 0 aliphatic heterocycles. The van der Waals surface area contributed by atoms with Crippen LogP contribution in [-0.4, -0.2) is 0 Å². The van der Waals surface area contributed by atoms with Crippen molar-refractivity contribution in [1.82, 2.24) is 0 Å². The van der Waals surface area contributed by atoms with E-state index in [1.165, 1.54) is 6.07 Å². The summed E-state index contributed by atoms with van der Waals surface area (Å²) in [6.45, 7) is 0. The number of rotatable bonds is 1. The lowest BCUT2D eigenvalue weighted by Crippen LogP contribution is -2.15. The van der Waals surface area contributed by atoms with E-state index < -0.39 is 0 Å². The number of nitriles is 1. The molecule has 0 amide bonds. The summed E-state index contributed by atoms with van der Waals surface area (Å²) < 4.78 is 13.4. The third-order valence-electron chi connectivity index (χ3n) is 2.91. The van der Waals surface area contributed by atoms with Crippen LogP contribution in [0.5, 0.6) is 0 Å². The summed E-state index contributed by atoms with van der Waals surface area (Å²) in [6, 6.07) is 7.42. The molecule has 1 nitrogen and oxygen atoms in total. The van der Waals surface area contributed by atoms with Gasteiger partial charge in [0.25, 0.3) is 0 Å². The Morgan fingerprint density at radius 3 is 3.14 bits per heavy atom. The van der Waals surface area contributed by atoms with Gasteiger partial charge in [0.1, 0.15) is 5.82 Å². The van der Waals surface area contributed by atoms with Crippen molar-refractivity contribution < 1.29 is 4.39 Å². The number of hydrogen-bond acceptors (Lipinski definition) is 1. The highest BCUT2D eigenvalue weighted by Gasteiger charge is 2.20. The molecule has 1 aliphatic rings. The van der Waals surface area contributed by atoms with Gasteiger partial charge < -0.3 is 0 Å². The molecule has 0 aromatic heterocycles. The zero-order valence-corrected chi connectivity index (χ0v) is 7.96. The average molecular weight is 189 g/mol. The molecule has 2 rings (SSSR count). The molecule has 72 valence electrons. The quantitative estimate of drug-likeness (QED) is 0.666. The Hall–Kier alpha value is -1.36. The molecular formula is C12H12FN. The number of hydrogen-bond donors (Lipinski definition) is 0. The van der Waals surface area contributed by atoms with Crippen molar-refractivity contribution in [3.05, 3.63) is 35.1 Å². The Kier molecular flexibility index (Phi) is 2.49. The second-order valence-corrected chi connectivity index (χ2v) is 3.85. The molecule has 1 aromatic rings. The maximum Gasteiger partial charge on any atom is 0.126 e. The Morgan fingerprint density at radius 1 is 1.50 bits per heavy atom. The molecule has 0 N–H and O–H groups in total. The average Bonchev–Trinajstić information content (AvgIpc) is 2.20. The largest absolute Gasteiger partial charge is 0.207 e. The highest BCUT2D eigenvalue weighted by molar-refractivity contribution is 5.31. The normalized spacial score (nSPS) is 19.9. The van der Waals surface area contributed by atoms with Gasteiger partial charge in [-0.1, -0.05) is 12.1 Å². The van der Waals surface area contributed by atoms with E-state index in [9.17, 15) is 4.39 Å². The van der Waals surface area contributed by atoms with Crippen LogP contribution in [0.25, 0.3) is 0 Å². The van der Waals surface area contributed by atoms with Crippen molar-refractivity contribution in [1.29, 1.82) is 5.26 Å². The highest BCUT2D eigenvalue weighted by atomic mass is 19.1. The van der Waals surface area contributed by atoms with Crippen molar-refractivity contribution in [3.63, 3.8) is 0 Å². The van der Waals surface area contributed by atoms with E-state index in [0.717, 1.165) is 30.4 Å². The standard InChI is InChI=1S/C12H12FN/c13-12-3-1-2-10-5-4-9(6-7-14)8-11(10)12/h1-3,9H,4-6,8H2. The zero-order chi connectivity index (χ0) is 9.97. The van der Waals surface area contributed by atoms with Gasteiger partial charge in [0, 0.05) is 6.42 Å². The maximum atomic E-state index is 13.4. The molecular weight excluding hydrogens is 177 g/mol. The maximum absolute atomic E-state index is 13.4. The van der Waals surface area contributed by atoms with Gasteiger partial charge in [0.15, 0.2) is 0 Å². The summed E-state index contributed by atoms with van der Waals surface area (Å²) in [6.07, 6.45) is 3.22. The molecule has 2 heteroatoms. The molecule has 0 radical (unpaired) electrons. The second-order valence-electron chi connectivity index (χ2n) is 3.85. The third kappa shape index (κ3) is 1.63. The highest BCUT2D eigenvalue weighted by Crippen LogP contribution is 2.28. The first kappa shape index (κ1) is 9.21. The third-order valence-corrected chi connectivity index (χ3v) is 2.91. The van der Waals surface area contributed by atoms with Crippen molar-refractivity contribution in [2.24, 2.45) is 5.92 Å². The predicted octanol–water partition coefficient (Wildman–Crippen LogP) is 2.84. The van der Waals surface area contributed by atoms with Crippen molar-refractivity contribution >= 4 is 0 Å². The lowest BCUT2D eigenvalue weighted by atomic mass is 9.82. The Labute approximate surface area is 83.2 Å². The molecule has 0 fully saturated rings. The molecule has 1 atom stereocenters. The van der Waals surface area contributed by atoms with Gasteiger partial charge in [0.05, 0.1) is 6.07 Å². The topological polar surface area (TPSA) is 23.8 Å². The van der Waals surface area contributed by atoms with Gasteiger partial charge in [-0.3, -0.25) is 0 Å².